The number of amides is 1. The van der Waals surface area contributed by atoms with E-state index in [1.165, 1.54) is 24.3 Å². The van der Waals surface area contributed by atoms with Gasteiger partial charge >= 0.3 is 0 Å². The Morgan fingerprint density at radius 3 is 2.26 bits per heavy atom. The van der Waals surface area contributed by atoms with Crippen molar-refractivity contribution in [3.63, 3.8) is 0 Å². The SMILES string of the molecule is COc1ccc([C@H](CC(C)C)NC(=O)CN(c2cccc(C)c2)S(=O)(=O)c2ccc(Cl)cc2)cc1. The first kappa shape index (κ1) is 26.6. The Labute approximate surface area is 212 Å². The van der Waals surface area contributed by atoms with Gasteiger partial charge in [0.05, 0.1) is 23.7 Å². The van der Waals surface area contributed by atoms with Crippen molar-refractivity contribution in [1.29, 1.82) is 0 Å². The van der Waals surface area contributed by atoms with Crippen molar-refractivity contribution in [2.24, 2.45) is 5.92 Å². The molecule has 186 valence electrons. The predicted molar refractivity (Wildman–Crippen MR) is 140 cm³/mol. The van der Waals surface area contributed by atoms with Crippen molar-refractivity contribution in [2.45, 2.75) is 38.1 Å². The number of rotatable bonds is 10. The molecule has 1 amide bonds. The molecule has 0 radical (unpaired) electrons. The van der Waals surface area contributed by atoms with Crippen LogP contribution in [0.3, 0.4) is 0 Å². The fraction of sp³-hybridized carbons (Fsp3) is 0.296. The van der Waals surface area contributed by atoms with E-state index in [9.17, 15) is 13.2 Å². The predicted octanol–water partition coefficient (Wildman–Crippen LogP) is 5.76. The van der Waals surface area contributed by atoms with Gasteiger partial charge in [-0.15, -0.1) is 0 Å². The van der Waals surface area contributed by atoms with Crippen LogP contribution in [0.15, 0.2) is 77.7 Å². The second-order valence-corrected chi connectivity index (χ2v) is 11.1. The molecule has 8 heteroatoms. The lowest BCUT2D eigenvalue weighted by molar-refractivity contribution is -0.120. The quantitative estimate of drug-likeness (QED) is 0.373. The molecule has 0 saturated carbocycles. The number of benzene rings is 3. The van der Waals surface area contributed by atoms with Gasteiger partial charge in [-0.3, -0.25) is 9.10 Å². The molecule has 0 spiro atoms. The van der Waals surface area contributed by atoms with E-state index in [0.29, 0.717) is 23.0 Å². The summed E-state index contributed by atoms with van der Waals surface area (Å²) in [5.74, 6) is 0.640. The van der Waals surface area contributed by atoms with Crippen LogP contribution in [0.4, 0.5) is 5.69 Å². The third-order valence-electron chi connectivity index (χ3n) is 5.54. The second kappa shape index (κ2) is 11.6. The van der Waals surface area contributed by atoms with Crippen molar-refractivity contribution in [1.82, 2.24) is 5.32 Å². The number of aryl methyl sites for hydroxylation is 1. The summed E-state index contributed by atoms with van der Waals surface area (Å²) in [6.07, 6.45) is 0.701. The maximum absolute atomic E-state index is 13.6. The van der Waals surface area contributed by atoms with Gasteiger partial charge in [-0.2, -0.15) is 0 Å². The number of hydrogen-bond donors (Lipinski definition) is 1. The molecule has 3 rings (SSSR count). The molecule has 0 aliphatic carbocycles. The summed E-state index contributed by atoms with van der Waals surface area (Å²) in [4.78, 5) is 13.3. The van der Waals surface area contributed by atoms with Gasteiger partial charge in [-0.05, 0) is 78.9 Å². The Morgan fingerprint density at radius 1 is 1.03 bits per heavy atom. The van der Waals surface area contributed by atoms with Crippen molar-refractivity contribution >= 4 is 33.2 Å². The van der Waals surface area contributed by atoms with Gasteiger partial charge in [0.15, 0.2) is 0 Å². The molecule has 0 aromatic heterocycles. The topological polar surface area (TPSA) is 75.7 Å². The lowest BCUT2D eigenvalue weighted by Gasteiger charge is -2.27. The molecular weight excluding hydrogens is 484 g/mol. The third kappa shape index (κ3) is 6.99. The number of nitrogens with zero attached hydrogens (tertiary/aromatic N) is 1. The lowest BCUT2D eigenvalue weighted by Crippen LogP contribution is -2.42. The zero-order valence-corrected chi connectivity index (χ0v) is 21.9. The Morgan fingerprint density at radius 2 is 1.69 bits per heavy atom. The summed E-state index contributed by atoms with van der Waals surface area (Å²) >= 11 is 5.96. The van der Waals surface area contributed by atoms with Crippen LogP contribution in [0.1, 0.15) is 37.4 Å². The first-order valence-electron chi connectivity index (χ1n) is 11.4. The van der Waals surface area contributed by atoms with Crippen molar-refractivity contribution in [3.8, 4) is 5.75 Å². The number of hydrogen-bond acceptors (Lipinski definition) is 4. The number of carbonyl (C=O) groups is 1. The van der Waals surface area contributed by atoms with Crippen LogP contribution < -0.4 is 14.4 Å². The first-order chi connectivity index (χ1) is 16.6. The highest BCUT2D eigenvalue weighted by Gasteiger charge is 2.28. The maximum Gasteiger partial charge on any atom is 0.264 e. The highest BCUT2D eigenvalue weighted by molar-refractivity contribution is 7.92. The number of sulfonamides is 1. The van der Waals surface area contributed by atoms with Crippen LogP contribution in [-0.4, -0.2) is 28.0 Å². The second-order valence-electron chi connectivity index (χ2n) is 8.83. The number of ether oxygens (including phenoxy) is 1. The van der Waals surface area contributed by atoms with E-state index in [0.717, 1.165) is 21.2 Å². The van der Waals surface area contributed by atoms with E-state index in [1.54, 1.807) is 25.3 Å². The van der Waals surface area contributed by atoms with Crippen molar-refractivity contribution in [2.75, 3.05) is 18.0 Å². The number of carbonyl (C=O) groups excluding carboxylic acids is 1. The normalized spacial score (nSPS) is 12.3. The molecular formula is C27H31ClN2O4S. The summed E-state index contributed by atoms with van der Waals surface area (Å²) in [5, 5.41) is 3.47. The van der Waals surface area contributed by atoms with Gasteiger partial charge in [0, 0.05) is 5.02 Å². The van der Waals surface area contributed by atoms with E-state index in [-0.39, 0.29) is 17.5 Å². The fourth-order valence-corrected chi connectivity index (χ4v) is 5.33. The zero-order chi connectivity index (χ0) is 25.6. The van der Waals surface area contributed by atoms with E-state index >= 15 is 0 Å². The minimum Gasteiger partial charge on any atom is -0.497 e. The summed E-state index contributed by atoms with van der Waals surface area (Å²) in [6, 6.07) is 20.2. The molecule has 0 unspecified atom stereocenters. The maximum atomic E-state index is 13.6. The van der Waals surface area contributed by atoms with Gasteiger partial charge in [0.25, 0.3) is 10.0 Å². The number of halogens is 1. The highest BCUT2D eigenvalue weighted by Crippen LogP contribution is 2.27. The number of nitrogens with one attached hydrogen (secondary N) is 1. The van der Waals surface area contributed by atoms with Crippen LogP contribution >= 0.6 is 11.6 Å². The van der Waals surface area contributed by atoms with E-state index in [2.05, 4.69) is 19.2 Å². The van der Waals surface area contributed by atoms with Crippen LogP contribution in [0, 0.1) is 12.8 Å². The highest BCUT2D eigenvalue weighted by atomic mass is 35.5. The molecule has 3 aromatic rings. The van der Waals surface area contributed by atoms with Gasteiger partial charge in [-0.1, -0.05) is 49.7 Å². The Hall–Kier alpha value is -3.03. The first-order valence-corrected chi connectivity index (χ1v) is 13.2. The van der Waals surface area contributed by atoms with Crippen LogP contribution in [0.2, 0.25) is 5.02 Å². The smallest absolute Gasteiger partial charge is 0.264 e. The fourth-order valence-electron chi connectivity index (χ4n) is 3.79. The van der Waals surface area contributed by atoms with Crippen LogP contribution in [0.5, 0.6) is 5.75 Å². The molecule has 0 fully saturated rings. The summed E-state index contributed by atoms with van der Waals surface area (Å²) in [6.45, 7) is 5.66. The molecule has 6 nitrogen and oxygen atoms in total. The van der Waals surface area contributed by atoms with Crippen LogP contribution in [0.25, 0.3) is 0 Å². The molecule has 0 heterocycles. The number of anilines is 1. The summed E-state index contributed by atoms with van der Waals surface area (Å²) in [7, 11) is -2.42. The third-order valence-corrected chi connectivity index (χ3v) is 7.58. The summed E-state index contributed by atoms with van der Waals surface area (Å²) in [5.41, 5.74) is 2.23. The molecule has 1 N–H and O–H groups in total. The van der Waals surface area contributed by atoms with Gasteiger partial charge in [-0.25, -0.2) is 8.42 Å². The minimum atomic E-state index is -4.02. The molecule has 3 aromatic carbocycles. The average Bonchev–Trinajstić information content (AvgIpc) is 2.82. The molecule has 0 bridgehead atoms. The zero-order valence-electron chi connectivity index (χ0n) is 20.4. The molecule has 0 aliphatic heterocycles. The Bertz CT molecular complexity index is 1240. The van der Waals surface area contributed by atoms with Gasteiger partial charge in [0.1, 0.15) is 12.3 Å². The van der Waals surface area contributed by atoms with Crippen molar-refractivity contribution in [3.05, 3.63) is 88.9 Å². The van der Waals surface area contributed by atoms with Crippen LogP contribution in [-0.2, 0) is 14.8 Å². The lowest BCUT2D eigenvalue weighted by atomic mass is 9.97. The molecule has 1 atom stereocenters. The van der Waals surface area contributed by atoms with Gasteiger partial charge < -0.3 is 10.1 Å². The molecule has 0 saturated heterocycles. The Balaban J connectivity index is 1.92. The Kier molecular flexibility index (Phi) is 8.81. The largest absolute Gasteiger partial charge is 0.497 e. The number of methoxy groups -OCH3 is 1. The van der Waals surface area contributed by atoms with Gasteiger partial charge in [0.2, 0.25) is 5.91 Å². The van der Waals surface area contributed by atoms with E-state index < -0.39 is 15.9 Å². The summed E-state index contributed by atoms with van der Waals surface area (Å²) < 4.78 is 33.5. The molecule has 35 heavy (non-hydrogen) atoms. The average molecular weight is 515 g/mol. The van der Waals surface area contributed by atoms with E-state index in [4.69, 9.17) is 16.3 Å². The minimum absolute atomic E-state index is 0.0603. The monoisotopic (exact) mass is 514 g/mol. The van der Waals surface area contributed by atoms with Crippen molar-refractivity contribution < 1.29 is 17.9 Å². The molecule has 0 aliphatic rings. The van der Waals surface area contributed by atoms with E-state index in [1.807, 2.05) is 37.3 Å². The standard InChI is InChI=1S/C27H31ClN2O4S/c1-19(2)16-26(21-8-12-24(34-4)13-9-21)29-27(31)18-30(23-7-5-6-20(3)17-23)35(32,33)25-14-10-22(28)11-15-25/h5-15,17,19,26H,16,18H2,1-4H3,(H,29,31)/t26-/m0/s1.